The van der Waals surface area contributed by atoms with Gasteiger partial charge in [0.25, 0.3) is 0 Å². The lowest BCUT2D eigenvalue weighted by atomic mass is 10.0. The lowest BCUT2D eigenvalue weighted by Crippen LogP contribution is -1.96. The molecule has 0 amide bonds. The van der Waals surface area contributed by atoms with Crippen LogP contribution in [0.1, 0.15) is 52.4 Å². The number of hydrogen-bond acceptors (Lipinski definition) is 2. The lowest BCUT2D eigenvalue weighted by molar-refractivity contribution is 0.135. The quantitative estimate of drug-likeness (QED) is 0.530. The van der Waals surface area contributed by atoms with Crippen LogP contribution in [0.5, 0.6) is 0 Å². The zero-order chi connectivity index (χ0) is 10.6. The molecule has 0 aromatic carbocycles. The number of unbranched alkanes of at least 4 members (excludes halogenated alkanes) is 3. The van der Waals surface area contributed by atoms with Gasteiger partial charge in [0.05, 0.1) is 19.1 Å². The normalized spacial score (nSPS) is 10.4. The summed E-state index contributed by atoms with van der Waals surface area (Å²) in [5.41, 5.74) is 0. The van der Waals surface area contributed by atoms with E-state index in [9.17, 15) is 0 Å². The predicted octanol–water partition coefficient (Wildman–Crippen LogP) is 3.52. The van der Waals surface area contributed by atoms with Crippen LogP contribution >= 0.6 is 0 Å². The first kappa shape index (κ1) is 13.4. The molecule has 2 heteroatoms. The van der Waals surface area contributed by atoms with E-state index in [-0.39, 0.29) is 0 Å². The van der Waals surface area contributed by atoms with E-state index in [0.29, 0.717) is 13.0 Å². The molecule has 0 atom stereocenters. The van der Waals surface area contributed by atoms with Crippen molar-refractivity contribution in [1.82, 2.24) is 0 Å². The molecule has 0 N–H and O–H groups in total. The van der Waals surface area contributed by atoms with E-state index in [2.05, 4.69) is 19.9 Å². The molecule has 82 valence electrons. The maximum absolute atomic E-state index is 8.26. The van der Waals surface area contributed by atoms with E-state index >= 15 is 0 Å². The van der Waals surface area contributed by atoms with Gasteiger partial charge in [-0.15, -0.1) is 0 Å². The van der Waals surface area contributed by atoms with E-state index in [4.69, 9.17) is 10.00 Å². The van der Waals surface area contributed by atoms with Crippen LogP contribution in [0, 0.1) is 17.2 Å². The molecule has 0 unspecified atom stereocenters. The Bertz CT molecular complexity index is 149. The molecule has 0 fully saturated rings. The largest absolute Gasteiger partial charge is 0.380 e. The number of hydrogen-bond donors (Lipinski definition) is 0. The van der Waals surface area contributed by atoms with Crippen molar-refractivity contribution in [2.24, 2.45) is 5.92 Å². The molecule has 0 bridgehead atoms. The van der Waals surface area contributed by atoms with Crippen molar-refractivity contribution in [3.63, 3.8) is 0 Å². The van der Waals surface area contributed by atoms with Crippen molar-refractivity contribution in [1.29, 1.82) is 5.26 Å². The van der Waals surface area contributed by atoms with Crippen LogP contribution in [0.25, 0.3) is 0 Å². The summed E-state index contributed by atoms with van der Waals surface area (Å²) in [5, 5.41) is 8.26. The van der Waals surface area contributed by atoms with Gasteiger partial charge in [-0.05, 0) is 12.3 Å². The summed E-state index contributed by atoms with van der Waals surface area (Å²) in [7, 11) is 0. The SMILES string of the molecule is CC(C)CCCCCCOCCC#N. The molecule has 0 aromatic heterocycles. The standard InChI is InChI=1S/C12H23NO/c1-12(2)8-5-3-4-6-10-14-11-7-9-13/h12H,3-8,10-11H2,1-2H3. The van der Waals surface area contributed by atoms with Crippen molar-refractivity contribution in [3.05, 3.63) is 0 Å². The minimum absolute atomic E-state index is 0.521. The third-order valence-corrected chi connectivity index (χ3v) is 2.18. The average Bonchev–Trinajstić information content (AvgIpc) is 2.15. The highest BCUT2D eigenvalue weighted by Crippen LogP contribution is 2.09. The summed E-state index contributed by atoms with van der Waals surface area (Å²) in [5.74, 6) is 0.835. The summed E-state index contributed by atoms with van der Waals surface area (Å²) < 4.78 is 5.28. The Morgan fingerprint density at radius 3 is 2.43 bits per heavy atom. The van der Waals surface area contributed by atoms with Crippen LogP contribution in [0.15, 0.2) is 0 Å². The molecule has 0 heterocycles. The van der Waals surface area contributed by atoms with Crippen molar-refractivity contribution in [2.45, 2.75) is 52.4 Å². The molecule has 0 aliphatic rings. The first-order valence-corrected chi connectivity index (χ1v) is 5.72. The third kappa shape index (κ3) is 11.4. The zero-order valence-corrected chi connectivity index (χ0v) is 9.59. The lowest BCUT2D eigenvalue weighted by Gasteiger charge is -2.04. The number of ether oxygens (including phenoxy) is 1. The van der Waals surface area contributed by atoms with Gasteiger partial charge in [-0.2, -0.15) is 5.26 Å². The first-order chi connectivity index (χ1) is 6.77. The van der Waals surface area contributed by atoms with Crippen LogP contribution in [-0.4, -0.2) is 13.2 Å². The van der Waals surface area contributed by atoms with Gasteiger partial charge < -0.3 is 4.74 Å². The number of nitriles is 1. The molecule has 0 radical (unpaired) electrons. The summed E-state index contributed by atoms with van der Waals surface area (Å²) in [6.45, 7) is 5.96. The highest BCUT2D eigenvalue weighted by atomic mass is 16.5. The van der Waals surface area contributed by atoms with Gasteiger partial charge in [0.2, 0.25) is 0 Å². The zero-order valence-electron chi connectivity index (χ0n) is 9.59. The van der Waals surface area contributed by atoms with E-state index in [1.54, 1.807) is 0 Å². The minimum atomic E-state index is 0.521. The van der Waals surface area contributed by atoms with E-state index in [1.165, 1.54) is 25.7 Å². The average molecular weight is 197 g/mol. The van der Waals surface area contributed by atoms with Crippen molar-refractivity contribution >= 4 is 0 Å². The van der Waals surface area contributed by atoms with Crippen LogP contribution in [-0.2, 0) is 4.74 Å². The van der Waals surface area contributed by atoms with Gasteiger partial charge in [0.15, 0.2) is 0 Å². The molecule has 14 heavy (non-hydrogen) atoms. The van der Waals surface area contributed by atoms with E-state index < -0.39 is 0 Å². The van der Waals surface area contributed by atoms with Crippen LogP contribution in [0.4, 0.5) is 0 Å². The maximum atomic E-state index is 8.26. The van der Waals surface area contributed by atoms with Gasteiger partial charge in [-0.1, -0.05) is 39.5 Å². The Labute approximate surface area is 88.3 Å². The van der Waals surface area contributed by atoms with Gasteiger partial charge in [-0.25, -0.2) is 0 Å². The van der Waals surface area contributed by atoms with Gasteiger partial charge >= 0.3 is 0 Å². The molecular formula is C12H23NO. The fourth-order valence-corrected chi connectivity index (χ4v) is 1.33. The van der Waals surface area contributed by atoms with Crippen LogP contribution in [0.3, 0.4) is 0 Å². The molecular weight excluding hydrogens is 174 g/mol. The molecule has 0 saturated heterocycles. The highest BCUT2D eigenvalue weighted by molar-refractivity contribution is 4.66. The monoisotopic (exact) mass is 197 g/mol. The predicted molar refractivity (Wildman–Crippen MR) is 59.0 cm³/mol. The molecule has 2 nitrogen and oxygen atoms in total. The smallest absolute Gasteiger partial charge is 0.0645 e. The Kier molecular flexibility index (Phi) is 10.1. The summed E-state index contributed by atoms with van der Waals surface area (Å²) in [6.07, 6.45) is 6.93. The van der Waals surface area contributed by atoms with Crippen LogP contribution in [0.2, 0.25) is 0 Å². The highest BCUT2D eigenvalue weighted by Gasteiger charge is 1.94. The Morgan fingerprint density at radius 2 is 1.79 bits per heavy atom. The van der Waals surface area contributed by atoms with E-state index in [0.717, 1.165) is 18.9 Å². The molecule has 0 saturated carbocycles. The number of nitrogens with zero attached hydrogens (tertiary/aromatic N) is 1. The second-order valence-corrected chi connectivity index (χ2v) is 4.12. The fraction of sp³-hybridized carbons (Fsp3) is 0.917. The van der Waals surface area contributed by atoms with Crippen LogP contribution < -0.4 is 0 Å². The Hall–Kier alpha value is -0.550. The summed E-state index contributed by atoms with van der Waals surface area (Å²) >= 11 is 0. The minimum Gasteiger partial charge on any atom is -0.380 e. The van der Waals surface area contributed by atoms with E-state index in [1.807, 2.05) is 0 Å². The Balaban J connectivity index is 2.89. The van der Waals surface area contributed by atoms with Crippen molar-refractivity contribution in [2.75, 3.05) is 13.2 Å². The fourth-order valence-electron chi connectivity index (χ4n) is 1.33. The first-order valence-electron chi connectivity index (χ1n) is 5.72. The Morgan fingerprint density at radius 1 is 1.07 bits per heavy atom. The second-order valence-electron chi connectivity index (χ2n) is 4.12. The summed E-state index contributed by atoms with van der Waals surface area (Å²) in [6, 6.07) is 2.07. The third-order valence-electron chi connectivity index (χ3n) is 2.18. The maximum Gasteiger partial charge on any atom is 0.0645 e. The topological polar surface area (TPSA) is 33.0 Å². The molecule has 0 rings (SSSR count). The van der Waals surface area contributed by atoms with Gasteiger partial charge in [0, 0.05) is 6.61 Å². The van der Waals surface area contributed by atoms with Gasteiger partial charge in [-0.3, -0.25) is 0 Å². The van der Waals surface area contributed by atoms with Crippen molar-refractivity contribution in [3.8, 4) is 6.07 Å². The second kappa shape index (κ2) is 10.5. The van der Waals surface area contributed by atoms with Gasteiger partial charge in [0.1, 0.15) is 0 Å². The molecule has 0 aromatic rings. The summed E-state index contributed by atoms with van der Waals surface area (Å²) in [4.78, 5) is 0. The molecule has 0 aliphatic heterocycles. The molecule has 0 spiro atoms. The number of rotatable bonds is 9. The van der Waals surface area contributed by atoms with Crippen molar-refractivity contribution < 1.29 is 4.74 Å². The molecule has 0 aliphatic carbocycles.